The fraction of sp³-hybridized carbons (Fsp3) is 0.462. The Morgan fingerprint density at radius 1 is 1.62 bits per heavy atom. The van der Waals surface area contributed by atoms with Crippen LogP contribution in [0.2, 0.25) is 0 Å². The van der Waals surface area contributed by atoms with Gasteiger partial charge in [-0.05, 0) is 11.6 Å². The SMILES string of the molecule is [C-]#[N+]c1cc([C@@H]2O[C@@](CO)(N=[N+]=[N-])[C@@H](C)[C@@H]2O)n2ncnc(N)c12. The minimum Gasteiger partial charge on any atom is -0.393 e. The van der Waals surface area contributed by atoms with E-state index in [0.29, 0.717) is 11.2 Å². The molecule has 4 N–H and O–H groups in total. The van der Waals surface area contributed by atoms with Crippen molar-refractivity contribution in [1.29, 1.82) is 0 Å². The molecule has 11 heteroatoms. The fourth-order valence-corrected chi connectivity index (χ4v) is 2.92. The second kappa shape index (κ2) is 5.63. The lowest BCUT2D eigenvalue weighted by atomic mass is 9.93. The number of fused-ring (bicyclic) bond motifs is 1. The zero-order valence-corrected chi connectivity index (χ0v) is 12.6. The number of anilines is 1. The number of rotatable bonds is 3. The first-order valence-electron chi connectivity index (χ1n) is 7.01. The number of hydrogen-bond donors (Lipinski definition) is 3. The highest BCUT2D eigenvalue weighted by atomic mass is 16.6. The van der Waals surface area contributed by atoms with Crippen molar-refractivity contribution in [1.82, 2.24) is 14.6 Å². The Balaban J connectivity index is 2.17. The van der Waals surface area contributed by atoms with E-state index in [9.17, 15) is 10.2 Å². The molecule has 0 aromatic carbocycles. The molecule has 1 fully saturated rings. The number of ether oxygens (including phenoxy) is 1. The maximum absolute atomic E-state index is 10.5. The summed E-state index contributed by atoms with van der Waals surface area (Å²) >= 11 is 0. The summed E-state index contributed by atoms with van der Waals surface area (Å²) in [5.41, 5.74) is 13.8. The largest absolute Gasteiger partial charge is 0.393 e. The average molecular weight is 330 g/mol. The van der Waals surface area contributed by atoms with Gasteiger partial charge in [0.15, 0.2) is 5.72 Å². The molecule has 0 bridgehead atoms. The summed E-state index contributed by atoms with van der Waals surface area (Å²) in [5.74, 6) is -0.559. The van der Waals surface area contributed by atoms with E-state index in [1.807, 2.05) is 0 Å². The molecule has 2 aromatic rings. The van der Waals surface area contributed by atoms with Crippen LogP contribution in [0.1, 0.15) is 18.7 Å². The van der Waals surface area contributed by atoms with Crippen LogP contribution < -0.4 is 5.73 Å². The first kappa shape index (κ1) is 16.0. The molecule has 3 heterocycles. The molecule has 1 aliphatic rings. The Bertz CT molecular complexity index is 883. The number of aliphatic hydroxyl groups is 2. The van der Waals surface area contributed by atoms with E-state index in [-0.39, 0.29) is 11.5 Å². The highest BCUT2D eigenvalue weighted by Gasteiger charge is 2.53. The molecule has 24 heavy (non-hydrogen) atoms. The number of aromatic nitrogens is 3. The second-order valence-corrected chi connectivity index (χ2v) is 5.48. The van der Waals surface area contributed by atoms with Crippen molar-refractivity contribution >= 4 is 17.0 Å². The highest BCUT2D eigenvalue weighted by Crippen LogP contribution is 2.46. The van der Waals surface area contributed by atoms with Crippen molar-refractivity contribution in [2.24, 2.45) is 11.0 Å². The Hall–Kier alpha value is -2.90. The summed E-state index contributed by atoms with van der Waals surface area (Å²) in [6.07, 6.45) is -0.831. The van der Waals surface area contributed by atoms with Gasteiger partial charge in [0.05, 0.1) is 25.0 Å². The quantitative estimate of drug-likeness (QED) is 0.328. The van der Waals surface area contributed by atoms with E-state index >= 15 is 0 Å². The molecule has 0 spiro atoms. The maximum Gasteiger partial charge on any atom is 0.217 e. The molecule has 124 valence electrons. The van der Waals surface area contributed by atoms with E-state index in [1.54, 1.807) is 6.92 Å². The first-order chi connectivity index (χ1) is 11.5. The molecule has 0 amide bonds. The van der Waals surface area contributed by atoms with Gasteiger partial charge in [-0.3, -0.25) is 0 Å². The van der Waals surface area contributed by atoms with Gasteiger partial charge in [0.2, 0.25) is 5.69 Å². The predicted octanol–water partition coefficient (Wildman–Crippen LogP) is 0.929. The third kappa shape index (κ3) is 2.06. The van der Waals surface area contributed by atoms with Crippen LogP contribution in [0.15, 0.2) is 17.5 Å². The van der Waals surface area contributed by atoms with E-state index in [2.05, 4.69) is 25.0 Å². The second-order valence-electron chi connectivity index (χ2n) is 5.48. The summed E-state index contributed by atoms with van der Waals surface area (Å²) < 4.78 is 7.07. The molecular weight excluding hydrogens is 316 g/mol. The number of nitrogen functional groups attached to an aromatic ring is 1. The minimum atomic E-state index is -1.60. The summed E-state index contributed by atoms with van der Waals surface area (Å²) in [4.78, 5) is 9.95. The van der Waals surface area contributed by atoms with Crippen LogP contribution in [0.3, 0.4) is 0 Å². The van der Waals surface area contributed by atoms with Gasteiger partial charge >= 0.3 is 0 Å². The van der Waals surface area contributed by atoms with Gasteiger partial charge in [0, 0.05) is 10.8 Å². The van der Waals surface area contributed by atoms with E-state index in [1.165, 1.54) is 16.9 Å². The summed E-state index contributed by atoms with van der Waals surface area (Å²) in [5, 5.41) is 27.7. The van der Waals surface area contributed by atoms with Crippen molar-refractivity contribution in [3.05, 3.63) is 39.9 Å². The van der Waals surface area contributed by atoms with E-state index in [4.69, 9.17) is 22.6 Å². The zero-order valence-electron chi connectivity index (χ0n) is 12.6. The fourth-order valence-electron chi connectivity index (χ4n) is 2.92. The lowest BCUT2D eigenvalue weighted by Crippen LogP contribution is -2.37. The number of azide groups is 1. The van der Waals surface area contributed by atoms with Crippen molar-refractivity contribution in [3.8, 4) is 0 Å². The van der Waals surface area contributed by atoms with Crippen LogP contribution in [0.4, 0.5) is 11.5 Å². The van der Waals surface area contributed by atoms with Crippen LogP contribution in [-0.2, 0) is 4.74 Å². The molecule has 1 saturated heterocycles. The molecule has 3 rings (SSSR count). The van der Waals surface area contributed by atoms with Crippen molar-refractivity contribution < 1.29 is 14.9 Å². The smallest absolute Gasteiger partial charge is 0.217 e. The third-order valence-electron chi connectivity index (χ3n) is 4.31. The summed E-state index contributed by atoms with van der Waals surface area (Å²) in [6.45, 7) is 8.27. The van der Waals surface area contributed by atoms with Crippen LogP contribution >= 0.6 is 0 Å². The first-order valence-corrected chi connectivity index (χ1v) is 7.01. The molecule has 0 unspecified atom stereocenters. The van der Waals surface area contributed by atoms with Gasteiger partial charge in [-0.15, -0.1) is 0 Å². The van der Waals surface area contributed by atoms with E-state index in [0.717, 1.165) is 0 Å². The van der Waals surface area contributed by atoms with Crippen LogP contribution in [0.25, 0.3) is 20.8 Å². The number of nitrogens with two attached hydrogens (primary N) is 1. The normalized spacial score (nSPS) is 29.3. The number of hydrogen-bond acceptors (Lipinski definition) is 7. The standard InChI is InChI=1S/C13H14N8O3/c1-6-10(23)11(24-13(6,4-22)19-20-15)8-3-7(16-2)9-12(14)17-5-18-21(8)9/h3,5-6,10-11,22-23H,4H2,1H3,(H2,14,17,18)/t6-,10-,11-,13+/m0/s1. The predicted molar refractivity (Wildman–Crippen MR) is 81.6 cm³/mol. The van der Waals surface area contributed by atoms with Gasteiger partial charge in [-0.2, -0.15) is 5.10 Å². The lowest BCUT2D eigenvalue weighted by Gasteiger charge is -2.24. The Morgan fingerprint density at radius 2 is 2.38 bits per heavy atom. The molecule has 0 aliphatic carbocycles. The van der Waals surface area contributed by atoms with Crippen molar-refractivity contribution in [2.45, 2.75) is 24.9 Å². The summed E-state index contributed by atoms with van der Waals surface area (Å²) in [6, 6.07) is 1.48. The van der Waals surface area contributed by atoms with Crippen LogP contribution in [0, 0.1) is 12.5 Å². The van der Waals surface area contributed by atoms with E-state index < -0.39 is 30.5 Å². The van der Waals surface area contributed by atoms with Gasteiger partial charge in [-0.25, -0.2) is 14.3 Å². The van der Waals surface area contributed by atoms with Gasteiger partial charge in [-0.1, -0.05) is 12.0 Å². The molecule has 2 aromatic heterocycles. The third-order valence-corrected chi connectivity index (χ3v) is 4.31. The molecule has 0 radical (unpaired) electrons. The van der Waals surface area contributed by atoms with Crippen LogP contribution in [0.5, 0.6) is 0 Å². The average Bonchev–Trinajstić information content (AvgIpc) is 3.07. The number of aliphatic hydroxyl groups excluding tert-OH is 2. The number of nitrogens with zero attached hydrogens (tertiary/aromatic N) is 7. The highest BCUT2D eigenvalue weighted by molar-refractivity contribution is 5.83. The van der Waals surface area contributed by atoms with Gasteiger partial charge in [0.1, 0.15) is 23.8 Å². The molecule has 0 saturated carbocycles. The Kier molecular flexibility index (Phi) is 3.75. The molecule has 1 aliphatic heterocycles. The topological polar surface area (TPSA) is 159 Å². The lowest BCUT2D eigenvalue weighted by molar-refractivity contribution is -0.0882. The molecular formula is C13H14N8O3. The zero-order chi connectivity index (χ0) is 17.5. The monoisotopic (exact) mass is 330 g/mol. The maximum atomic E-state index is 10.5. The Labute approximate surface area is 135 Å². The van der Waals surface area contributed by atoms with Crippen molar-refractivity contribution in [3.63, 3.8) is 0 Å². The van der Waals surface area contributed by atoms with Crippen LogP contribution in [-0.4, -0.2) is 43.2 Å². The minimum absolute atomic E-state index is 0.117. The summed E-state index contributed by atoms with van der Waals surface area (Å²) in [7, 11) is 0. The molecule has 4 atom stereocenters. The molecule has 11 nitrogen and oxygen atoms in total. The van der Waals surface area contributed by atoms with Gasteiger partial charge in [0.25, 0.3) is 0 Å². The van der Waals surface area contributed by atoms with Gasteiger partial charge < -0.3 is 20.7 Å². The van der Waals surface area contributed by atoms with Crippen molar-refractivity contribution in [2.75, 3.05) is 12.3 Å². The Morgan fingerprint density at radius 3 is 3.00 bits per heavy atom.